The highest BCUT2D eigenvalue weighted by molar-refractivity contribution is 6.34. The third-order valence-electron chi connectivity index (χ3n) is 5.67. The van der Waals surface area contributed by atoms with E-state index in [4.69, 9.17) is 0 Å². The number of anilines is 2. The Labute approximate surface area is 189 Å². The number of carbonyl (C=O) groups excluding carboxylic acids is 2. The number of hydrogen-bond donors (Lipinski definition) is 0. The highest BCUT2D eigenvalue weighted by Gasteiger charge is 2.24. The first-order chi connectivity index (χ1) is 16.0. The van der Waals surface area contributed by atoms with Gasteiger partial charge >= 0.3 is 0 Å². The number of carbonyl (C=O) groups is 2. The lowest BCUT2D eigenvalue weighted by atomic mass is 10.1. The van der Waals surface area contributed by atoms with Crippen LogP contribution in [0, 0.1) is 12.7 Å². The molecule has 5 rings (SSSR count). The van der Waals surface area contributed by atoms with Crippen LogP contribution in [-0.2, 0) is 16.1 Å². The molecule has 0 aliphatic rings. The number of benzene rings is 3. The van der Waals surface area contributed by atoms with Crippen LogP contribution in [0.2, 0.25) is 0 Å². The minimum absolute atomic E-state index is 0.293. The van der Waals surface area contributed by atoms with Gasteiger partial charge in [-0.1, -0.05) is 48.5 Å². The monoisotopic (exact) mass is 437 g/mol. The Morgan fingerprint density at radius 1 is 0.970 bits per heavy atom. The Balaban J connectivity index is 1.72. The number of halogens is 1. The number of nitrogens with zero attached hydrogens (tertiary/aromatic N) is 3. The summed E-state index contributed by atoms with van der Waals surface area (Å²) in [7, 11) is 0. The van der Waals surface area contributed by atoms with Crippen molar-refractivity contribution in [3.8, 4) is 0 Å². The van der Waals surface area contributed by atoms with E-state index in [1.807, 2.05) is 66.2 Å². The second kappa shape index (κ2) is 8.31. The van der Waals surface area contributed by atoms with Crippen molar-refractivity contribution < 1.29 is 14.0 Å². The molecule has 1 amide bonds. The molecule has 0 unspecified atom stereocenters. The number of aryl methyl sites for hydroxylation is 1. The SMILES string of the molecule is Cc1ccc2cccc(N(C(=O)C=O)c3cn(Cc4ccc(F)cc4)c4ccccc34)c2n1. The van der Waals surface area contributed by atoms with Gasteiger partial charge in [0.2, 0.25) is 6.29 Å². The quantitative estimate of drug-likeness (QED) is 0.268. The van der Waals surface area contributed by atoms with E-state index >= 15 is 0 Å². The zero-order chi connectivity index (χ0) is 22.9. The summed E-state index contributed by atoms with van der Waals surface area (Å²) in [5, 5.41) is 1.69. The molecule has 0 aliphatic carbocycles. The molecule has 2 heterocycles. The number of aromatic nitrogens is 2. The Hall–Kier alpha value is -4.32. The summed E-state index contributed by atoms with van der Waals surface area (Å²) in [5.74, 6) is -0.978. The van der Waals surface area contributed by atoms with E-state index in [2.05, 4.69) is 4.98 Å². The average Bonchev–Trinajstić information content (AvgIpc) is 3.19. The second-order valence-corrected chi connectivity index (χ2v) is 7.88. The molecular weight excluding hydrogens is 417 g/mol. The van der Waals surface area contributed by atoms with Crippen LogP contribution < -0.4 is 4.90 Å². The molecule has 2 aromatic heterocycles. The second-order valence-electron chi connectivity index (χ2n) is 7.88. The number of aldehydes is 1. The predicted molar refractivity (Wildman–Crippen MR) is 127 cm³/mol. The summed E-state index contributed by atoms with van der Waals surface area (Å²) in [6.45, 7) is 2.37. The Morgan fingerprint density at radius 3 is 2.55 bits per heavy atom. The van der Waals surface area contributed by atoms with Crippen molar-refractivity contribution in [2.75, 3.05) is 4.90 Å². The van der Waals surface area contributed by atoms with Crippen LogP contribution >= 0.6 is 0 Å². The number of fused-ring (bicyclic) bond motifs is 2. The molecule has 0 aliphatic heterocycles. The van der Waals surface area contributed by atoms with Crippen molar-refractivity contribution in [2.45, 2.75) is 13.5 Å². The van der Waals surface area contributed by atoms with E-state index in [-0.39, 0.29) is 5.82 Å². The minimum Gasteiger partial charge on any atom is -0.341 e. The van der Waals surface area contributed by atoms with Gasteiger partial charge in [-0.2, -0.15) is 0 Å². The van der Waals surface area contributed by atoms with Gasteiger partial charge in [-0.05, 0) is 42.8 Å². The molecule has 5 nitrogen and oxygen atoms in total. The van der Waals surface area contributed by atoms with Crippen LogP contribution in [-0.4, -0.2) is 21.7 Å². The molecule has 0 saturated heterocycles. The highest BCUT2D eigenvalue weighted by atomic mass is 19.1. The molecule has 0 fully saturated rings. The topological polar surface area (TPSA) is 55.2 Å². The van der Waals surface area contributed by atoms with Gasteiger partial charge in [0.1, 0.15) is 5.82 Å². The fourth-order valence-electron chi connectivity index (χ4n) is 4.15. The van der Waals surface area contributed by atoms with E-state index in [9.17, 15) is 14.0 Å². The van der Waals surface area contributed by atoms with Gasteiger partial charge in [0.15, 0.2) is 0 Å². The van der Waals surface area contributed by atoms with Crippen LogP contribution in [0.4, 0.5) is 15.8 Å². The van der Waals surface area contributed by atoms with Gasteiger partial charge in [-0.25, -0.2) is 4.39 Å². The zero-order valence-electron chi connectivity index (χ0n) is 17.9. The summed E-state index contributed by atoms with van der Waals surface area (Å²) in [6, 6.07) is 23.4. The number of amides is 1. The summed E-state index contributed by atoms with van der Waals surface area (Å²) in [5.41, 5.74) is 4.39. The zero-order valence-corrected chi connectivity index (χ0v) is 17.9. The first-order valence-corrected chi connectivity index (χ1v) is 10.5. The lowest BCUT2D eigenvalue weighted by Crippen LogP contribution is -2.27. The summed E-state index contributed by atoms with van der Waals surface area (Å²) >= 11 is 0. The smallest absolute Gasteiger partial charge is 0.295 e. The number of rotatable bonds is 5. The van der Waals surface area contributed by atoms with Crippen LogP contribution in [0.3, 0.4) is 0 Å². The first-order valence-electron chi connectivity index (χ1n) is 10.5. The van der Waals surface area contributed by atoms with Gasteiger partial charge < -0.3 is 4.57 Å². The maximum Gasteiger partial charge on any atom is 0.295 e. The van der Waals surface area contributed by atoms with Gasteiger partial charge in [-0.3, -0.25) is 19.5 Å². The number of hydrogen-bond acceptors (Lipinski definition) is 3. The van der Waals surface area contributed by atoms with Crippen LogP contribution in [0.5, 0.6) is 0 Å². The third kappa shape index (κ3) is 3.76. The summed E-state index contributed by atoms with van der Waals surface area (Å²) in [4.78, 5) is 30.7. The molecule has 0 atom stereocenters. The Kier molecular flexibility index (Phi) is 5.18. The van der Waals surface area contributed by atoms with Crippen molar-refractivity contribution in [1.82, 2.24) is 9.55 Å². The Bertz CT molecular complexity index is 1510. The van der Waals surface area contributed by atoms with Gasteiger partial charge in [0.05, 0.1) is 22.4 Å². The third-order valence-corrected chi connectivity index (χ3v) is 5.67. The molecule has 3 aromatic carbocycles. The van der Waals surface area contributed by atoms with E-state index in [0.717, 1.165) is 27.5 Å². The van der Waals surface area contributed by atoms with Gasteiger partial charge in [-0.15, -0.1) is 0 Å². The normalized spacial score (nSPS) is 11.1. The number of pyridine rings is 1. The van der Waals surface area contributed by atoms with Crippen molar-refractivity contribution in [1.29, 1.82) is 0 Å². The van der Waals surface area contributed by atoms with Gasteiger partial charge in [0.25, 0.3) is 5.91 Å². The maximum atomic E-state index is 13.4. The highest BCUT2D eigenvalue weighted by Crippen LogP contribution is 2.37. The molecule has 6 heteroatoms. The van der Waals surface area contributed by atoms with Crippen molar-refractivity contribution in [3.05, 3.63) is 102 Å². The fraction of sp³-hybridized carbons (Fsp3) is 0.0741. The first kappa shape index (κ1) is 20.6. The molecule has 162 valence electrons. The Morgan fingerprint density at radius 2 is 1.76 bits per heavy atom. The van der Waals surface area contributed by atoms with Crippen LogP contribution in [0.1, 0.15) is 11.3 Å². The van der Waals surface area contributed by atoms with Gasteiger partial charge in [0, 0.05) is 29.2 Å². The van der Waals surface area contributed by atoms with Crippen LogP contribution in [0.25, 0.3) is 21.8 Å². The summed E-state index contributed by atoms with van der Waals surface area (Å²) in [6.07, 6.45) is 2.17. The minimum atomic E-state index is -0.685. The van der Waals surface area contributed by atoms with E-state index in [1.54, 1.807) is 18.2 Å². The lowest BCUT2D eigenvalue weighted by Gasteiger charge is -2.21. The molecule has 33 heavy (non-hydrogen) atoms. The summed E-state index contributed by atoms with van der Waals surface area (Å²) < 4.78 is 15.4. The maximum absolute atomic E-state index is 13.4. The molecule has 0 bridgehead atoms. The molecule has 0 saturated carbocycles. The fourth-order valence-corrected chi connectivity index (χ4v) is 4.15. The number of para-hydroxylation sites is 2. The molecular formula is C27H20FN3O2. The van der Waals surface area contributed by atoms with E-state index in [0.29, 0.717) is 29.7 Å². The average molecular weight is 437 g/mol. The lowest BCUT2D eigenvalue weighted by molar-refractivity contribution is -0.129. The standard InChI is InChI=1S/C27H20FN3O2/c1-18-9-12-20-5-4-8-24(27(20)29-18)31(26(33)17-32)25-16-30(23-7-3-2-6-22(23)25)15-19-10-13-21(28)14-11-19/h2-14,16-17H,15H2,1H3. The molecule has 5 aromatic rings. The molecule has 0 spiro atoms. The van der Waals surface area contributed by atoms with Crippen molar-refractivity contribution >= 4 is 45.4 Å². The van der Waals surface area contributed by atoms with Crippen molar-refractivity contribution in [2.24, 2.45) is 0 Å². The molecule has 0 radical (unpaired) electrons. The largest absolute Gasteiger partial charge is 0.341 e. The van der Waals surface area contributed by atoms with Crippen LogP contribution in [0.15, 0.2) is 85.1 Å². The molecule has 0 N–H and O–H groups in total. The van der Waals surface area contributed by atoms with Crippen molar-refractivity contribution in [3.63, 3.8) is 0 Å². The predicted octanol–water partition coefficient (Wildman–Crippen LogP) is 5.55. The van der Waals surface area contributed by atoms with E-state index in [1.165, 1.54) is 17.0 Å². The van der Waals surface area contributed by atoms with E-state index < -0.39 is 5.91 Å².